The highest BCUT2D eigenvalue weighted by Gasteiger charge is 2.39. The molecular weight excluding hydrogens is 250 g/mol. The summed E-state index contributed by atoms with van der Waals surface area (Å²) in [5.41, 5.74) is 0.766. The third-order valence-corrected chi connectivity index (χ3v) is 4.35. The van der Waals surface area contributed by atoms with E-state index in [4.69, 9.17) is 9.72 Å². The number of aromatic nitrogens is 2. The van der Waals surface area contributed by atoms with E-state index in [1.54, 1.807) is 7.11 Å². The van der Waals surface area contributed by atoms with Crippen LogP contribution in [0, 0.1) is 5.92 Å². The number of rotatable bonds is 4. The van der Waals surface area contributed by atoms with Gasteiger partial charge in [0.15, 0.2) is 5.82 Å². The third kappa shape index (κ3) is 2.95. The predicted octanol–water partition coefficient (Wildman–Crippen LogP) is 3.69. The van der Waals surface area contributed by atoms with Crippen LogP contribution in [-0.4, -0.2) is 24.1 Å². The van der Waals surface area contributed by atoms with Crippen LogP contribution in [0.3, 0.4) is 0 Å². The van der Waals surface area contributed by atoms with Crippen molar-refractivity contribution in [2.75, 3.05) is 19.5 Å². The zero-order chi connectivity index (χ0) is 14.8. The van der Waals surface area contributed by atoms with Gasteiger partial charge in [0, 0.05) is 25.9 Å². The van der Waals surface area contributed by atoms with E-state index in [9.17, 15) is 0 Å². The normalized spacial score (nSPS) is 26.8. The number of hydrogen-bond acceptors (Lipinski definition) is 4. The second-order valence-electron chi connectivity index (χ2n) is 6.31. The molecule has 0 aromatic carbocycles. The third-order valence-electron chi connectivity index (χ3n) is 4.35. The molecular formula is C16H27N3O. The molecule has 112 valence electrons. The van der Waals surface area contributed by atoms with Gasteiger partial charge >= 0.3 is 0 Å². The summed E-state index contributed by atoms with van der Waals surface area (Å²) in [5, 5.41) is 3.15. The van der Waals surface area contributed by atoms with E-state index < -0.39 is 0 Å². The molecule has 0 bridgehead atoms. The Labute approximate surface area is 122 Å². The first-order valence-electron chi connectivity index (χ1n) is 7.63. The summed E-state index contributed by atoms with van der Waals surface area (Å²) < 4.78 is 5.92. The van der Waals surface area contributed by atoms with Crippen LogP contribution in [0.25, 0.3) is 0 Å². The molecule has 1 fully saturated rings. The SMILES string of the molecule is CNc1cc(C(C)C)nc(C2(OC)CCCC(C)C2)n1. The molecule has 1 heterocycles. The number of methoxy groups -OCH3 is 1. The first-order valence-corrected chi connectivity index (χ1v) is 7.63. The minimum atomic E-state index is -0.311. The minimum absolute atomic E-state index is 0.311. The van der Waals surface area contributed by atoms with Gasteiger partial charge in [-0.3, -0.25) is 0 Å². The largest absolute Gasteiger partial charge is 0.373 e. The van der Waals surface area contributed by atoms with Crippen molar-refractivity contribution >= 4 is 5.82 Å². The first kappa shape index (κ1) is 15.2. The summed E-state index contributed by atoms with van der Waals surface area (Å²) in [4.78, 5) is 9.49. The Morgan fingerprint density at radius 3 is 2.70 bits per heavy atom. The molecule has 2 atom stereocenters. The predicted molar refractivity (Wildman–Crippen MR) is 82.0 cm³/mol. The van der Waals surface area contributed by atoms with Crippen LogP contribution in [0.2, 0.25) is 0 Å². The number of nitrogens with zero attached hydrogens (tertiary/aromatic N) is 2. The maximum absolute atomic E-state index is 5.92. The second kappa shape index (κ2) is 6.08. The van der Waals surface area contributed by atoms with E-state index in [-0.39, 0.29) is 5.60 Å². The van der Waals surface area contributed by atoms with Gasteiger partial charge in [-0.15, -0.1) is 0 Å². The molecule has 1 aliphatic rings. The Kier molecular flexibility index (Phi) is 4.63. The molecule has 1 aromatic rings. The zero-order valence-electron chi connectivity index (χ0n) is 13.4. The molecule has 4 nitrogen and oxygen atoms in total. The summed E-state index contributed by atoms with van der Waals surface area (Å²) in [5.74, 6) is 2.78. The second-order valence-corrected chi connectivity index (χ2v) is 6.31. The van der Waals surface area contributed by atoms with Gasteiger partial charge in [-0.25, -0.2) is 9.97 Å². The lowest BCUT2D eigenvalue weighted by molar-refractivity contribution is -0.0646. The van der Waals surface area contributed by atoms with Gasteiger partial charge in [-0.1, -0.05) is 27.2 Å². The maximum Gasteiger partial charge on any atom is 0.162 e. The highest BCUT2D eigenvalue weighted by molar-refractivity contribution is 5.37. The molecule has 1 aliphatic carbocycles. The van der Waals surface area contributed by atoms with Crippen molar-refractivity contribution in [1.82, 2.24) is 9.97 Å². The average molecular weight is 277 g/mol. The highest BCUT2D eigenvalue weighted by Crippen LogP contribution is 2.41. The van der Waals surface area contributed by atoms with Gasteiger partial charge in [0.25, 0.3) is 0 Å². The molecule has 2 unspecified atom stereocenters. The van der Waals surface area contributed by atoms with E-state index in [2.05, 4.69) is 31.1 Å². The topological polar surface area (TPSA) is 47.0 Å². The zero-order valence-corrected chi connectivity index (χ0v) is 13.4. The van der Waals surface area contributed by atoms with Crippen LogP contribution in [0.4, 0.5) is 5.82 Å². The highest BCUT2D eigenvalue weighted by atomic mass is 16.5. The van der Waals surface area contributed by atoms with Crippen molar-refractivity contribution < 1.29 is 4.74 Å². The number of hydrogen-bond donors (Lipinski definition) is 1. The molecule has 0 saturated heterocycles. The lowest BCUT2D eigenvalue weighted by Gasteiger charge is -2.37. The van der Waals surface area contributed by atoms with Gasteiger partial charge in [0.2, 0.25) is 0 Å². The molecule has 0 radical (unpaired) electrons. The van der Waals surface area contributed by atoms with Crippen molar-refractivity contribution in [3.8, 4) is 0 Å². The first-order chi connectivity index (χ1) is 9.50. The Bertz CT molecular complexity index is 461. The van der Waals surface area contributed by atoms with Crippen molar-refractivity contribution in [2.24, 2.45) is 5.92 Å². The Hall–Kier alpha value is -1.16. The van der Waals surface area contributed by atoms with Gasteiger partial charge in [-0.05, 0) is 31.1 Å². The molecule has 0 aliphatic heterocycles. The summed E-state index contributed by atoms with van der Waals surface area (Å²) in [7, 11) is 3.70. The number of anilines is 1. The van der Waals surface area contributed by atoms with Crippen LogP contribution in [0.15, 0.2) is 6.07 Å². The molecule has 1 saturated carbocycles. The fourth-order valence-electron chi connectivity index (χ4n) is 3.08. The van der Waals surface area contributed by atoms with Crippen LogP contribution in [0.1, 0.15) is 63.9 Å². The van der Waals surface area contributed by atoms with Crippen LogP contribution < -0.4 is 5.32 Å². The Balaban J connectivity index is 2.45. The fraction of sp³-hybridized carbons (Fsp3) is 0.750. The average Bonchev–Trinajstić information content (AvgIpc) is 2.46. The summed E-state index contributed by atoms with van der Waals surface area (Å²) in [6.07, 6.45) is 4.47. The van der Waals surface area contributed by atoms with Crippen LogP contribution in [-0.2, 0) is 10.3 Å². The van der Waals surface area contributed by atoms with Crippen molar-refractivity contribution in [1.29, 1.82) is 0 Å². The van der Waals surface area contributed by atoms with Gasteiger partial charge in [0.1, 0.15) is 11.4 Å². The molecule has 2 rings (SSSR count). The summed E-state index contributed by atoms with van der Waals surface area (Å²) in [6, 6.07) is 2.03. The molecule has 4 heteroatoms. The van der Waals surface area contributed by atoms with Gasteiger partial charge < -0.3 is 10.1 Å². The van der Waals surface area contributed by atoms with E-state index >= 15 is 0 Å². The number of nitrogens with one attached hydrogen (secondary N) is 1. The van der Waals surface area contributed by atoms with E-state index in [0.717, 1.165) is 30.2 Å². The monoisotopic (exact) mass is 277 g/mol. The van der Waals surface area contributed by atoms with Gasteiger partial charge in [0.05, 0.1) is 0 Å². The molecule has 0 amide bonds. The lowest BCUT2D eigenvalue weighted by atomic mass is 9.78. The van der Waals surface area contributed by atoms with Crippen LogP contribution >= 0.6 is 0 Å². The Morgan fingerprint density at radius 2 is 2.15 bits per heavy atom. The van der Waals surface area contributed by atoms with Gasteiger partial charge in [-0.2, -0.15) is 0 Å². The van der Waals surface area contributed by atoms with Crippen molar-refractivity contribution in [2.45, 2.75) is 58.0 Å². The van der Waals surface area contributed by atoms with Crippen molar-refractivity contribution in [3.05, 3.63) is 17.6 Å². The maximum atomic E-state index is 5.92. The van der Waals surface area contributed by atoms with Crippen LogP contribution in [0.5, 0.6) is 0 Å². The molecule has 1 aromatic heterocycles. The smallest absolute Gasteiger partial charge is 0.162 e. The standard InChI is InChI=1S/C16H27N3O/c1-11(2)13-9-14(17-4)19-15(18-13)16(20-5)8-6-7-12(3)10-16/h9,11-12H,6-8,10H2,1-5H3,(H,17,18,19). The summed E-state index contributed by atoms with van der Waals surface area (Å²) >= 11 is 0. The van der Waals surface area contributed by atoms with E-state index in [1.165, 1.54) is 12.8 Å². The molecule has 1 N–H and O–H groups in total. The molecule has 0 spiro atoms. The van der Waals surface area contributed by atoms with E-state index in [1.807, 2.05) is 13.1 Å². The van der Waals surface area contributed by atoms with E-state index in [0.29, 0.717) is 11.8 Å². The summed E-state index contributed by atoms with van der Waals surface area (Å²) in [6.45, 7) is 6.61. The molecule has 20 heavy (non-hydrogen) atoms. The quantitative estimate of drug-likeness (QED) is 0.911. The van der Waals surface area contributed by atoms with Crippen molar-refractivity contribution in [3.63, 3.8) is 0 Å². The Morgan fingerprint density at radius 1 is 1.40 bits per heavy atom. The lowest BCUT2D eigenvalue weighted by Crippen LogP contribution is -2.36. The fourth-order valence-corrected chi connectivity index (χ4v) is 3.08. The number of ether oxygens (including phenoxy) is 1. The minimum Gasteiger partial charge on any atom is -0.373 e.